The summed E-state index contributed by atoms with van der Waals surface area (Å²) in [7, 11) is 0. The van der Waals surface area contributed by atoms with E-state index in [1.165, 1.54) is 17.7 Å². The Bertz CT molecular complexity index is 653. The lowest BCUT2D eigenvalue weighted by molar-refractivity contribution is 0.0523. The van der Waals surface area contributed by atoms with Crippen LogP contribution in [-0.4, -0.2) is 27.0 Å². The van der Waals surface area contributed by atoms with E-state index in [2.05, 4.69) is 10.3 Å². The molecule has 108 valence electrons. The maximum Gasteiger partial charge on any atom is 0.407 e. The fraction of sp³-hybridized carbons (Fsp3) is 0.417. The Kier molecular flexibility index (Phi) is 3.67. The molecule has 0 radical (unpaired) electrons. The van der Waals surface area contributed by atoms with Gasteiger partial charge in [-0.05, 0) is 20.8 Å². The molecule has 2 amide bonds. The number of hydrogen-bond acceptors (Lipinski definition) is 5. The van der Waals surface area contributed by atoms with Gasteiger partial charge in [-0.1, -0.05) is 0 Å². The Balaban J connectivity index is 2.14. The lowest BCUT2D eigenvalue weighted by Crippen LogP contribution is -2.32. The molecule has 0 aromatic carbocycles. The summed E-state index contributed by atoms with van der Waals surface area (Å²) < 4.78 is 6.74. The molecule has 0 saturated heterocycles. The molecule has 0 bridgehead atoms. The number of nitrogens with two attached hydrogens (primary N) is 1. The lowest BCUT2D eigenvalue weighted by Gasteiger charge is -2.19. The van der Waals surface area contributed by atoms with Gasteiger partial charge >= 0.3 is 6.09 Å². The molecule has 0 fully saturated rings. The van der Waals surface area contributed by atoms with Gasteiger partial charge in [-0.25, -0.2) is 9.78 Å². The first-order chi connectivity index (χ1) is 9.28. The van der Waals surface area contributed by atoms with E-state index in [0.29, 0.717) is 10.6 Å². The van der Waals surface area contributed by atoms with Gasteiger partial charge in [-0.3, -0.25) is 9.20 Å². The van der Waals surface area contributed by atoms with Crippen molar-refractivity contribution in [2.24, 2.45) is 5.73 Å². The van der Waals surface area contributed by atoms with Crippen LogP contribution >= 0.6 is 11.3 Å². The molecular formula is C12H16N4O3S. The fourth-order valence-corrected chi connectivity index (χ4v) is 2.72. The minimum atomic E-state index is -0.566. The van der Waals surface area contributed by atoms with Crippen molar-refractivity contribution in [3.8, 4) is 0 Å². The molecule has 2 heterocycles. The van der Waals surface area contributed by atoms with Crippen molar-refractivity contribution in [3.05, 3.63) is 23.1 Å². The molecule has 0 spiro atoms. The van der Waals surface area contributed by atoms with Crippen LogP contribution in [0.1, 0.15) is 36.1 Å². The molecule has 20 heavy (non-hydrogen) atoms. The first-order valence-corrected chi connectivity index (χ1v) is 6.80. The molecule has 8 heteroatoms. The van der Waals surface area contributed by atoms with Gasteiger partial charge in [0.2, 0.25) is 0 Å². The van der Waals surface area contributed by atoms with Gasteiger partial charge in [0.25, 0.3) is 5.91 Å². The van der Waals surface area contributed by atoms with Crippen molar-refractivity contribution in [1.82, 2.24) is 14.7 Å². The summed E-state index contributed by atoms with van der Waals surface area (Å²) >= 11 is 1.35. The number of nitrogens with one attached hydrogen (secondary N) is 1. The second kappa shape index (κ2) is 5.12. The monoisotopic (exact) mass is 296 g/mol. The largest absolute Gasteiger partial charge is 0.444 e. The number of carbonyl (C=O) groups is 2. The molecule has 0 saturated carbocycles. The molecule has 2 rings (SSSR count). The highest BCUT2D eigenvalue weighted by molar-refractivity contribution is 7.17. The third kappa shape index (κ3) is 3.08. The Morgan fingerprint density at radius 2 is 2.20 bits per heavy atom. The minimum absolute atomic E-state index is 0.180. The lowest BCUT2D eigenvalue weighted by atomic mass is 10.2. The third-order valence-electron chi connectivity index (χ3n) is 2.36. The van der Waals surface area contributed by atoms with Crippen LogP contribution in [0.2, 0.25) is 0 Å². The number of primary amides is 1. The van der Waals surface area contributed by atoms with Crippen LogP contribution in [0, 0.1) is 0 Å². The number of alkyl carbamates (subject to hydrolysis) is 1. The van der Waals surface area contributed by atoms with Crippen LogP contribution in [-0.2, 0) is 11.3 Å². The predicted octanol–water partition coefficient (Wildman–Crippen LogP) is 1.52. The number of nitrogens with zero attached hydrogens (tertiary/aromatic N) is 2. The zero-order valence-corrected chi connectivity index (χ0v) is 12.3. The Morgan fingerprint density at radius 3 is 2.80 bits per heavy atom. The first-order valence-electron chi connectivity index (χ1n) is 5.98. The number of hydrogen-bond donors (Lipinski definition) is 2. The van der Waals surface area contributed by atoms with Gasteiger partial charge in [-0.2, -0.15) is 0 Å². The summed E-state index contributed by atoms with van der Waals surface area (Å²) in [6.45, 7) is 5.52. The average molecular weight is 296 g/mol. The number of carbonyl (C=O) groups excluding carboxylic acids is 2. The van der Waals surface area contributed by atoms with Crippen LogP contribution in [0.4, 0.5) is 4.79 Å². The van der Waals surface area contributed by atoms with E-state index >= 15 is 0 Å². The van der Waals surface area contributed by atoms with Crippen molar-refractivity contribution < 1.29 is 14.3 Å². The van der Waals surface area contributed by atoms with Crippen LogP contribution < -0.4 is 11.1 Å². The van der Waals surface area contributed by atoms with E-state index in [4.69, 9.17) is 10.5 Å². The molecule has 2 aromatic rings. The first kappa shape index (κ1) is 14.3. The van der Waals surface area contributed by atoms with E-state index < -0.39 is 17.6 Å². The smallest absolute Gasteiger partial charge is 0.407 e. The number of thiazole rings is 1. The highest BCUT2D eigenvalue weighted by atomic mass is 32.1. The van der Waals surface area contributed by atoms with Crippen LogP contribution in [0.3, 0.4) is 0 Å². The number of fused-ring (bicyclic) bond motifs is 1. The highest BCUT2D eigenvalue weighted by Crippen LogP contribution is 2.23. The number of imidazole rings is 1. The Morgan fingerprint density at radius 1 is 1.50 bits per heavy atom. The van der Waals surface area contributed by atoms with Crippen molar-refractivity contribution in [2.75, 3.05) is 0 Å². The third-order valence-corrected chi connectivity index (χ3v) is 3.46. The van der Waals surface area contributed by atoms with Gasteiger partial charge in [0.05, 0.1) is 17.6 Å². The summed E-state index contributed by atoms with van der Waals surface area (Å²) in [5.41, 5.74) is 5.13. The normalized spacial score (nSPS) is 11.6. The number of ether oxygens (including phenoxy) is 1. The quantitative estimate of drug-likeness (QED) is 0.897. The minimum Gasteiger partial charge on any atom is -0.444 e. The fourth-order valence-electron chi connectivity index (χ4n) is 1.68. The van der Waals surface area contributed by atoms with E-state index in [9.17, 15) is 9.59 Å². The van der Waals surface area contributed by atoms with Gasteiger partial charge in [0, 0.05) is 0 Å². The molecule has 0 unspecified atom stereocenters. The molecule has 0 aliphatic heterocycles. The summed E-state index contributed by atoms with van der Waals surface area (Å²) in [5, 5.41) is 2.61. The van der Waals surface area contributed by atoms with E-state index in [0.717, 1.165) is 4.83 Å². The second-order valence-electron chi connectivity index (χ2n) is 5.20. The Hall–Kier alpha value is -2.09. The topological polar surface area (TPSA) is 98.7 Å². The average Bonchev–Trinajstić information content (AvgIpc) is 2.81. The van der Waals surface area contributed by atoms with Crippen LogP contribution in [0.5, 0.6) is 0 Å². The van der Waals surface area contributed by atoms with Crippen molar-refractivity contribution in [2.45, 2.75) is 32.9 Å². The SMILES string of the molecule is CC(C)(C)OC(=O)NCc1sc2cncn2c1C(N)=O. The predicted molar refractivity (Wildman–Crippen MR) is 74.7 cm³/mol. The van der Waals surface area contributed by atoms with E-state index in [-0.39, 0.29) is 6.54 Å². The standard InChI is InChI=1S/C12H16N4O3S/c1-12(2,3)19-11(18)15-4-7-9(10(13)17)16-6-14-5-8(16)20-7/h5-6H,4H2,1-3H3,(H2,13,17)(H,15,18). The number of rotatable bonds is 3. The summed E-state index contributed by atoms with van der Waals surface area (Å²) in [4.78, 5) is 28.5. The molecular weight excluding hydrogens is 280 g/mol. The number of amides is 2. The van der Waals surface area contributed by atoms with Gasteiger partial charge in [0.15, 0.2) is 0 Å². The van der Waals surface area contributed by atoms with Gasteiger partial charge in [0.1, 0.15) is 22.5 Å². The molecule has 0 aliphatic carbocycles. The van der Waals surface area contributed by atoms with Crippen molar-refractivity contribution in [3.63, 3.8) is 0 Å². The Labute approximate surface area is 119 Å². The highest BCUT2D eigenvalue weighted by Gasteiger charge is 2.19. The van der Waals surface area contributed by atoms with Crippen molar-refractivity contribution in [1.29, 1.82) is 0 Å². The zero-order valence-electron chi connectivity index (χ0n) is 11.5. The molecule has 3 N–H and O–H groups in total. The molecule has 2 aromatic heterocycles. The van der Waals surface area contributed by atoms with Crippen molar-refractivity contribution >= 4 is 28.2 Å². The van der Waals surface area contributed by atoms with Gasteiger partial charge < -0.3 is 15.8 Å². The maximum absolute atomic E-state index is 11.6. The molecule has 0 atom stereocenters. The zero-order chi connectivity index (χ0) is 14.9. The van der Waals surface area contributed by atoms with Crippen LogP contribution in [0.15, 0.2) is 12.5 Å². The second-order valence-corrected chi connectivity index (χ2v) is 6.31. The summed E-state index contributed by atoms with van der Waals surface area (Å²) in [5.74, 6) is -0.560. The van der Waals surface area contributed by atoms with Gasteiger partial charge in [-0.15, -0.1) is 11.3 Å². The summed E-state index contributed by atoms with van der Waals surface area (Å²) in [6.07, 6.45) is 2.61. The number of aromatic nitrogens is 2. The molecule has 0 aliphatic rings. The van der Waals surface area contributed by atoms with E-state index in [1.807, 2.05) is 0 Å². The van der Waals surface area contributed by atoms with Crippen LogP contribution in [0.25, 0.3) is 4.83 Å². The summed E-state index contributed by atoms with van der Waals surface area (Å²) in [6, 6.07) is 0. The van der Waals surface area contributed by atoms with E-state index in [1.54, 1.807) is 31.4 Å². The molecule has 7 nitrogen and oxygen atoms in total. The maximum atomic E-state index is 11.6.